The second kappa shape index (κ2) is 13.8. The number of nitrogens with zero attached hydrogens (tertiary/aromatic N) is 3. The van der Waals surface area contributed by atoms with Crippen molar-refractivity contribution in [3.63, 3.8) is 0 Å². The number of ether oxygens (including phenoxy) is 2. The molecule has 10 heteroatoms. The summed E-state index contributed by atoms with van der Waals surface area (Å²) in [5, 5.41) is 18.9. The predicted molar refractivity (Wildman–Crippen MR) is 137 cm³/mol. The van der Waals surface area contributed by atoms with Crippen molar-refractivity contribution in [3.05, 3.63) is 75.8 Å². The van der Waals surface area contributed by atoms with Crippen LogP contribution in [0.3, 0.4) is 0 Å². The van der Waals surface area contributed by atoms with E-state index in [1.165, 1.54) is 19.3 Å². The van der Waals surface area contributed by atoms with Crippen molar-refractivity contribution >= 4 is 41.2 Å². The third-order valence-corrected chi connectivity index (χ3v) is 6.17. The number of azo groups is 1. The molecule has 8 nitrogen and oxygen atoms in total. The molecular formula is C25H29Cl2N5O3. The normalized spacial score (nSPS) is 16.8. The van der Waals surface area contributed by atoms with Crippen LogP contribution in [0.25, 0.3) is 0 Å². The van der Waals surface area contributed by atoms with Crippen LogP contribution in [0.5, 0.6) is 0 Å². The fourth-order valence-electron chi connectivity index (χ4n) is 3.66. The van der Waals surface area contributed by atoms with E-state index in [0.717, 1.165) is 31.3 Å². The van der Waals surface area contributed by atoms with Gasteiger partial charge in [0.05, 0.1) is 5.02 Å². The monoisotopic (exact) mass is 517 g/mol. The van der Waals surface area contributed by atoms with Gasteiger partial charge in [0.2, 0.25) is 0 Å². The van der Waals surface area contributed by atoms with E-state index in [1.54, 1.807) is 30.3 Å². The second-order valence-electron chi connectivity index (χ2n) is 8.13. The molecule has 0 aromatic heterocycles. The van der Waals surface area contributed by atoms with Gasteiger partial charge in [-0.2, -0.15) is 0 Å². The highest BCUT2D eigenvalue weighted by molar-refractivity contribution is 6.36. The standard InChI is InChI=1S/C25H29Cl2N5O3/c1-18-4-2-3-12-32(18)13-11-29-25(33)20-7-5-19(6-8-20)15-35-24(16-34-17-28)31-30-23-10-9-21(26)14-22(23)27/h5-10,14,16-18,28H,2-4,11-13,15H2,1H3,(H,29,33)/b24-16+,28-17?,31-30?. The number of carbonyl (C=O) groups is 1. The summed E-state index contributed by atoms with van der Waals surface area (Å²) < 4.78 is 10.5. The van der Waals surface area contributed by atoms with Gasteiger partial charge in [-0.05, 0) is 62.2 Å². The van der Waals surface area contributed by atoms with Gasteiger partial charge in [0.25, 0.3) is 11.8 Å². The van der Waals surface area contributed by atoms with E-state index in [2.05, 4.69) is 27.4 Å². The molecule has 1 aliphatic heterocycles. The summed E-state index contributed by atoms with van der Waals surface area (Å²) in [5.41, 5.74) is 1.81. The van der Waals surface area contributed by atoms with Gasteiger partial charge in [0, 0.05) is 29.7 Å². The Morgan fingerprint density at radius 3 is 2.74 bits per heavy atom. The minimum atomic E-state index is -0.101. The van der Waals surface area contributed by atoms with Crippen molar-refractivity contribution in [1.29, 1.82) is 5.41 Å². The fraction of sp³-hybridized carbons (Fsp3) is 0.360. The summed E-state index contributed by atoms with van der Waals surface area (Å²) in [4.78, 5) is 14.9. The Bertz CT molecular complexity index is 1060. The number of amides is 1. The summed E-state index contributed by atoms with van der Waals surface area (Å²) in [6.07, 6.45) is 5.63. The molecule has 1 atom stereocenters. The molecule has 1 unspecified atom stereocenters. The Morgan fingerprint density at radius 2 is 2.03 bits per heavy atom. The van der Waals surface area contributed by atoms with Crippen LogP contribution in [0.15, 0.2) is 64.8 Å². The number of hydrogen-bond donors (Lipinski definition) is 2. The molecule has 2 aromatic carbocycles. The first-order valence-electron chi connectivity index (χ1n) is 11.4. The van der Waals surface area contributed by atoms with Crippen LogP contribution >= 0.6 is 23.2 Å². The fourth-order valence-corrected chi connectivity index (χ4v) is 4.11. The molecule has 186 valence electrons. The summed E-state index contributed by atoms with van der Waals surface area (Å²) >= 11 is 12.0. The number of benzene rings is 2. The lowest BCUT2D eigenvalue weighted by Gasteiger charge is -2.33. The number of halogens is 2. The van der Waals surface area contributed by atoms with Crippen LogP contribution in [0.2, 0.25) is 10.0 Å². The molecule has 3 rings (SSSR count). The summed E-state index contributed by atoms with van der Waals surface area (Å²) in [6, 6.07) is 12.5. The van der Waals surface area contributed by atoms with Gasteiger partial charge in [-0.25, -0.2) is 0 Å². The molecule has 1 fully saturated rings. The maximum Gasteiger partial charge on any atom is 0.269 e. The third-order valence-electron chi connectivity index (χ3n) is 5.63. The lowest BCUT2D eigenvalue weighted by molar-refractivity contribution is 0.0938. The van der Waals surface area contributed by atoms with Crippen LogP contribution in [0, 0.1) is 5.41 Å². The SMILES string of the molecule is CC1CCCCN1CCNC(=O)c1ccc(CO/C(=C/OC=N)N=Nc2ccc(Cl)cc2Cl)cc1. The van der Waals surface area contributed by atoms with Crippen LogP contribution < -0.4 is 5.32 Å². The Hall–Kier alpha value is -2.94. The first kappa shape index (κ1) is 26.7. The van der Waals surface area contributed by atoms with E-state index < -0.39 is 0 Å². The molecule has 1 heterocycles. The van der Waals surface area contributed by atoms with Crippen molar-refractivity contribution in [1.82, 2.24) is 10.2 Å². The molecule has 35 heavy (non-hydrogen) atoms. The highest BCUT2D eigenvalue weighted by atomic mass is 35.5. The van der Waals surface area contributed by atoms with Crippen LogP contribution in [-0.4, -0.2) is 42.9 Å². The molecule has 0 spiro atoms. The second-order valence-corrected chi connectivity index (χ2v) is 8.97. The van der Waals surface area contributed by atoms with Crippen molar-refractivity contribution in [2.75, 3.05) is 19.6 Å². The van der Waals surface area contributed by atoms with E-state index in [1.807, 2.05) is 12.1 Å². The average Bonchev–Trinajstić information content (AvgIpc) is 2.86. The molecule has 0 saturated carbocycles. The zero-order chi connectivity index (χ0) is 25.0. The van der Waals surface area contributed by atoms with Gasteiger partial charge >= 0.3 is 0 Å². The number of likely N-dealkylation sites (tertiary alicyclic amines) is 1. The van der Waals surface area contributed by atoms with E-state index >= 15 is 0 Å². The first-order chi connectivity index (χ1) is 17.0. The molecular weight excluding hydrogens is 489 g/mol. The van der Waals surface area contributed by atoms with Crippen molar-refractivity contribution in [2.45, 2.75) is 38.8 Å². The molecule has 1 saturated heterocycles. The van der Waals surface area contributed by atoms with Gasteiger partial charge in [-0.15, -0.1) is 10.2 Å². The zero-order valence-electron chi connectivity index (χ0n) is 19.5. The molecule has 0 aliphatic carbocycles. The maximum absolute atomic E-state index is 12.5. The highest BCUT2D eigenvalue weighted by Crippen LogP contribution is 2.28. The van der Waals surface area contributed by atoms with Gasteiger partial charge in [0.15, 0.2) is 12.7 Å². The summed E-state index contributed by atoms with van der Waals surface area (Å²) in [5.74, 6) is -0.0518. The van der Waals surface area contributed by atoms with Crippen molar-refractivity contribution in [3.8, 4) is 0 Å². The van der Waals surface area contributed by atoms with Gasteiger partial charge < -0.3 is 14.8 Å². The van der Waals surface area contributed by atoms with Crippen LogP contribution in [0.4, 0.5) is 5.69 Å². The van der Waals surface area contributed by atoms with E-state index in [4.69, 9.17) is 38.1 Å². The Balaban J connectivity index is 1.51. The highest BCUT2D eigenvalue weighted by Gasteiger charge is 2.17. The largest absolute Gasteiger partial charge is 0.470 e. The molecule has 0 bridgehead atoms. The lowest BCUT2D eigenvalue weighted by Crippen LogP contribution is -2.42. The maximum atomic E-state index is 12.5. The number of carbonyl (C=O) groups excluding carboxylic acids is 1. The number of nitrogens with one attached hydrogen (secondary N) is 2. The Morgan fingerprint density at radius 1 is 1.23 bits per heavy atom. The van der Waals surface area contributed by atoms with Crippen LogP contribution in [0.1, 0.15) is 42.1 Å². The third kappa shape index (κ3) is 8.65. The molecule has 1 amide bonds. The number of rotatable bonds is 11. The minimum absolute atomic E-state index is 0.0493. The smallest absolute Gasteiger partial charge is 0.269 e. The van der Waals surface area contributed by atoms with Crippen LogP contribution in [-0.2, 0) is 16.1 Å². The van der Waals surface area contributed by atoms with Crippen molar-refractivity contribution < 1.29 is 14.3 Å². The minimum Gasteiger partial charge on any atom is -0.470 e. The van der Waals surface area contributed by atoms with Gasteiger partial charge in [-0.1, -0.05) is 41.8 Å². The quantitative estimate of drug-likeness (QED) is 0.157. The number of hydrogen-bond acceptors (Lipinski definition) is 7. The van der Waals surface area contributed by atoms with E-state index in [-0.39, 0.29) is 18.4 Å². The van der Waals surface area contributed by atoms with E-state index in [9.17, 15) is 4.79 Å². The van der Waals surface area contributed by atoms with Gasteiger partial charge in [0.1, 0.15) is 12.3 Å². The molecule has 0 radical (unpaired) electrons. The van der Waals surface area contributed by atoms with E-state index in [0.29, 0.717) is 33.9 Å². The molecule has 2 N–H and O–H groups in total. The average molecular weight is 518 g/mol. The first-order valence-corrected chi connectivity index (χ1v) is 12.2. The zero-order valence-corrected chi connectivity index (χ0v) is 21.1. The molecule has 2 aromatic rings. The predicted octanol–water partition coefficient (Wildman–Crippen LogP) is 6.32. The molecule has 1 aliphatic rings. The lowest BCUT2D eigenvalue weighted by atomic mass is 10.0. The topological polar surface area (TPSA) is 99.4 Å². The van der Waals surface area contributed by atoms with Gasteiger partial charge in [-0.3, -0.25) is 15.1 Å². The summed E-state index contributed by atoms with van der Waals surface area (Å²) in [6.45, 7) is 4.99. The van der Waals surface area contributed by atoms with Crippen molar-refractivity contribution in [2.24, 2.45) is 10.2 Å². The summed E-state index contributed by atoms with van der Waals surface area (Å²) in [7, 11) is 0. The Kier molecular flexibility index (Phi) is 10.5. The Labute approximate surface area is 215 Å². The number of piperidine rings is 1.